The van der Waals surface area contributed by atoms with Gasteiger partial charge in [-0.05, 0) is 87.0 Å². The number of hydrogen-bond donors (Lipinski definition) is 1. The minimum atomic E-state index is -0.530. The lowest BCUT2D eigenvalue weighted by Gasteiger charge is -2.59. The summed E-state index contributed by atoms with van der Waals surface area (Å²) in [6.07, 6.45) is 11.9. The highest BCUT2D eigenvalue weighted by Gasteiger charge is 2.58. The van der Waals surface area contributed by atoms with Crippen LogP contribution in [0, 0.1) is 33.3 Å². The van der Waals surface area contributed by atoms with Crippen LogP contribution in [0.15, 0.2) is 48.6 Å². The summed E-state index contributed by atoms with van der Waals surface area (Å²) in [7, 11) is 0. The molecule has 0 heterocycles. The van der Waals surface area contributed by atoms with Gasteiger partial charge in [0.25, 0.3) is 0 Å². The SMILES string of the molecule is C=C[C@@]1(C)C=C2CC[C@@H]3[C@](C)(CCC[C@@]3(C)C(=O)Oc3ccc(N([O-])O)cc3)[C@H]2CC1. The number of carbonyl (C=O) groups is 1. The maximum atomic E-state index is 13.4. The van der Waals surface area contributed by atoms with Gasteiger partial charge in [-0.1, -0.05) is 38.0 Å². The fourth-order valence-electron chi connectivity index (χ4n) is 6.80. The van der Waals surface area contributed by atoms with E-state index in [1.54, 1.807) is 17.7 Å². The second-order valence-corrected chi connectivity index (χ2v) is 10.5. The van der Waals surface area contributed by atoms with E-state index in [0.717, 1.165) is 44.9 Å². The molecule has 1 aromatic rings. The third-order valence-electron chi connectivity index (χ3n) is 8.63. The van der Waals surface area contributed by atoms with Crippen molar-refractivity contribution in [3.63, 3.8) is 0 Å². The van der Waals surface area contributed by atoms with Gasteiger partial charge in [0.1, 0.15) is 5.75 Å². The van der Waals surface area contributed by atoms with Gasteiger partial charge in [0.2, 0.25) is 0 Å². The van der Waals surface area contributed by atoms with Crippen molar-refractivity contribution in [2.24, 2.45) is 28.1 Å². The maximum Gasteiger partial charge on any atom is 0.317 e. The summed E-state index contributed by atoms with van der Waals surface area (Å²) < 4.78 is 5.80. The zero-order valence-corrected chi connectivity index (χ0v) is 18.9. The zero-order chi connectivity index (χ0) is 22.4. The highest BCUT2D eigenvalue weighted by molar-refractivity contribution is 5.79. The smallest absolute Gasteiger partial charge is 0.317 e. The number of rotatable bonds is 4. The minimum Gasteiger partial charge on any atom is -0.733 e. The van der Waals surface area contributed by atoms with Crippen LogP contribution in [0.1, 0.15) is 65.7 Å². The molecule has 5 atom stereocenters. The fourth-order valence-corrected chi connectivity index (χ4v) is 6.80. The van der Waals surface area contributed by atoms with E-state index < -0.39 is 5.41 Å². The Labute approximate surface area is 185 Å². The number of hydrogen-bond acceptors (Lipinski definition) is 5. The van der Waals surface area contributed by atoms with E-state index in [1.165, 1.54) is 12.1 Å². The second-order valence-electron chi connectivity index (χ2n) is 10.5. The number of nitrogens with zero attached hydrogens (tertiary/aromatic N) is 1. The topological polar surface area (TPSA) is 72.8 Å². The van der Waals surface area contributed by atoms with Crippen LogP contribution in [0.3, 0.4) is 0 Å². The van der Waals surface area contributed by atoms with Crippen molar-refractivity contribution in [1.82, 2.24) is 0 Å². The standard InChI is InChI=1S/C26H34NO4/c1-5-24(2)16-13-21-18(17-24)7-12-22-25(21,3)14-6-15-26(22,4)23(28)31-20-10-8-19(9-11-20)27(29)30/h5,8-11,17,21-22,29H,1,6-7,12-16H2,2-4H3/q-1/t21-,22+,24+,25+,26+/m0/s1. The van der Waals surface area contributed by atoms with Crippen molar-refractivity contribution in [3.05, 3.63) is 53.8 Å². The van der Waals surface area contributed by atoms with Gasteiger partial charge in [-0.3, -0.25) is 10.0 Å². The third kappa shape index (κ3) is 3.72. The Balaban J connectivity index is 1.58. The summed E-state index contributed by atoms with van der Waals surface area (Å²) in [6.45, 7) is 10.8. The van der Waals surface area contributed by atoms with Crippen molar-refractivity contribution < 1.29 is 14.7 Å². The van der Waals surface area contributed by atoms with Crippen LogP contribution in [0.4, 0.5) is 5.69 Å². The number of carbonyl (C=O) groups excluding carboxylic acids is 1. The molecule has 168 valence electrons. The van der Waals surface area contributed by atoms with Crippen molar-refractivity contribution in [2.75, 3.05) is 5.23 Å². The van der Waals surface area contributed by atoms with E-state index in [4.69, 9.17) is 9.94 Å². The third-order valence-corrected chi connectivity index (χ3v) is 8.63. The van der Waals surface area contributed by atoms with E-state index in [0.29, 0.717) is 11.7 Å². The Morgan fingerprint density at radius 1 is 1.19 bits per heavy atom. The predicted molar refractivity (Wildman–Crippen MR) is 122 cm³/mol. The molecule has 0 aromatic heterocycles. The summed E-state index contributed by atoms with van der Waals surface area (Å²) in [5.74, 6) is 1.03. The molecule has 5 heteroatoms. The molecule has 3 aliphatic rings. The average molecular weight is 425 g/mol. The molecule has 2 saturated carbocycles. The molecule has 0 radical (unpaired) electrons. The zero-order valence-electron chi connectivity index (χ0n) is 18.9. The Hall–Kier alpha value is -2.11. The molecule has 0 aliphatic heterocycles. The highest BCUT2D eigenvalue weighted by Crippen LogP contribution is 2.64. The number of ether oxygens (including phenoxy) is 1. The number of esters is 1. The molecule has 5 nitrogen and oxygen atoms in total. The van der Waals surface area contributed by atoms with Crippen LogP contribution in [0.25, 0.3) is 0 Å². The van der Waals surface area contributed by atoms with Crippen LogP contribution < -0.4 is 9.96 Å². The van der Waals surface area contributed by atoms with Gasteiger partial charge in [-0.2, -0.15) is 0 Å². The first kappa shape index (κ1) is 22.1. The Morgan fingerprint density at radius 2 is 1.90 bits per heavy atom. The van der Waals surface area contributed by atoms with E-state index in [-0.39, 0.29) is 33.6 Å². The van der Waals surface area contributed by atoms with Gasteiger partial charge in [-0.25, -0.2) is 0 Å². The lowest BCUT2D eigenvalue weighted by molar-refractivity contribution is -0.161. The summed E-state index contributed by atoms with van der Waals surface area (Å²) in [5, 5.41) is 19.8. The molecule has 4 rings (SSSR count). The van der Waals surface area contributed by atoms with Gasteiger partial charge >= 0.3 is 5.97 Å². The second kappa shape index (κ2) is 7.79. The lowest BCUT2D eigenvalue weighted by Crippen LogP contribution is -2.55. The quantitative estimate of drug-likeness (QED) is 0.261. The van der Waals surface area contributed by atoms with Crippen molar-refractivity contribution in [2.45, 2.75) is 65.7 Å². The van der Waals surface area contributed by atoms with Crippen LogP contribution in [0.5, 0.6) is 5.75 Å². The molecule has 1 N–H and O–H groups in total. The molecular weight excluding hydrogens is 390 g/mol. The number of benzene rings is 1. The first-order chi connectivity index (χ1) is 14.6. The van der Waals surface area contributed by atoms with Gasteiger partial charge in [0.15, 0.2) is 0 Å². The van der Waals surface area contributed by atoms with Gasteiger partial charge < -0.3 is 15.2 Å². The Kier molecular flexibility index (Phi) is 5.55. The van der Waals surface area contributed by atoms with Crippen LogP contribution in [-0.2, 0) is 4.79 Å². The van der Waals surface area contributed by atoms with Crippen LogP contribution in [-0.4, -0.2) is 11.2 Å². The maximum absolute atomic E-state index is 13.4. The van der Waals surface area contributed by atoms with E-state index >= 15 is 0 Å². The molecule has 0 saturated heterocycles. The number of allylic oxidation sites excluding steroid dienone is 3. The van der Waals surface area contributed by atoms with E-state index in [1.807, 2.05) is 0 Å². The fraction of sp³-hybridized carbons (Fsp3) is 0.577. The lowest BCUT2D eigenvalue weighted by atomic mass is 9.45. The summed E-state index contributed by atoms with van der Waals surface area (Å²) in [4.78, 5) is 13.4. The van der Waals surface area contributed by atoms with E-state index in [9.17, 15) is 10.0 Å². The minimum absolute atomic E-state index is 0.0896. The summed E-state index contributed by atoms with van der Waals surface area (Å²) in [6, 6.07) is 6.00. The normalized spacial score (nSPS) is 37.1. The van der Waals surface area contributed by atoms with Crippen molar-refractivity contribution in [3.8, 4) is 5.75 Å². The molecule has 0 amide bonds. The Morgan fingerprint density at radius 3 is 2.55 bits per heavy atom. The monoisotopic (exact) mass is 424 g/mol. The van der Waals surface area contributed by atoms with E-state index in [2.05, 4.69) is 39.5 Å². The molecule has 3 aliphatic carbocycles. The summed E-state index contributed by atoms with van der Waals surface area (Å²) >= 11 is 0. The average Bonchev–Trinajstić information content (AvgIpc) is 2.73. The number of anilines is 1. The molecular formula is C26H34NO4-. The van der Waals surface area contributed by atoms with Gasteiger partial charge in [-0.15, -0.1) is 6.58 Å². The van der Waals surface area contributed by atoms with Gasteiger partial charge in [0, 0.05) is 5.41 Å². The van der Waals surface area contributed by atoms with Gasteiger partial charge in [0.05, 0.1) is 11.1 Å². The molecule has 2 fully saturated rings. The first-order valence-corrected chi connectivity index (χ1v) is 11.4. The first-order valence-electron chi connectivity index (χ1n) is 11.4. The molecule has 31 heavy (non-hydrogen) atoms. The highest BCUT2D eigenvalue weighted by atomic mass is 16.8. The Bertz CT molecular complexity index is 891. The molecule has 0 bridgehead atoms. The van der Waals surface area contributed by atoms with Crippen LogP contribution in [0.2, 0.25) is 0 Å². The predicted octanol–water partition coefficient (Wildman–Crippen LogP) is 6.42. The molecule has 0 spiro atoms. The largest absolute Gasteiger partial charge is 0.733 e. The number of fused-ring (bicyclic) bond motifs is 3. The van der Waals surface area contributed by atoms with Crippen LogP contribution >= 0.6 is 0 Å². The van der Waals surface area contributed by atoms with Crippen molar-refractivity contribution >= 4 is 11.7 Å². The summed E-state index contributed by atoms with van der Waals surface area (Å²) in [5.41, 5.74) is 1.32. The van der Waals surface area contributed by atoms with Crippen molar-refractivity contribution in [1.29, 1.82) is 0 Å². The molecule has 1 aromatic carbocycles. The molecule has 0 unspecified atom stereocenters.